The van der Waals surface area contributed by atoms with Crippen LogP contribution in [0.3, 0.4) is 0 Å². The number of hydrogen-bond acceptors (Lipinski definition) is 6. The number of pyridine rings is 1. The molecule has 20 heavy (non-hydrogen) atoms. The molecule has 0 atom stereocenters. The highest BCUT2D eigenvalue weighted by atomic mass is 32.1. The van der Waals surface area contributed by atoms with E-state index in [2.05, 4.69) is 5.16 Å². The number of hydrogen-bond donors (Lipinski definition) is 1. The number of aromatic nitrogens is 1. The van der Waals surface area contributed by atoms with E-state index in [0.29, 0.717) is 16.8 Å². The molecule has 0 spiro atoms. The highest BCUT2D eigenvalue weighted by molar-refractivity contribution is 7.20. The maximum absolute atomic E-state index is 12.3. The molecule has 6 nitrogen and oxygen atoms in total. The molecule has 2 aromatic rings. The summed E-state index contributed by atoms with van der Waals surface area (Å²) in [7, 11) is 0. The van der Waals surface area contributed by atoms with Crippen LogP contribution in [-0.2, 0) is 11.3 Å². The first-order valence-corrected chi connectivity index (χ1v) is 6.95. The summed E-state index contributed by atoms with van der Waals surface area (Å²) in [5, 5.41) is 12.0. The molecule has 2 heterocycles. The molecule has 2 rings (SSSR count). The van der Waals surface area contributed by atoms with Crippen LogP contribution in [0, 0.1) is 0 Å². The molecular weight excluding hydrogens is 280 g/mol. The van der Waals surface area contributed by atoms with Gasteiger partial charge in [-0.2, -0.15) is 0 Å². The van der Waals surface area contributed by atoms with Crippen molar-refractivity contribution in [2.45, 2.75) is 20.4 Å². The molecule has 0 saturated heterocycles. The second-order valence-corrected chi connectivity index (χ2v) is 5.05. The van der Waals surface area contributed by atoms with Crippen LogP contribution in [0.2, 0.25) is 0 Å². The zero-order valence-electron chi connectivity index (χ0n) is 11.1. The fraction of sp³-hybridized carbons (Fsp3) is 0.308. The van der Waals surface area contributed by atoms with E-state index in [9.17, 15) is 9.59 Å². The molecule has 0 aliphatic heterocycles. The molecule has 0 radical (unpaired) electrons. The van der Waals surface area contributed by atoms with Crippen molar-refractivity contribution in [3.8, 4) is 0 Å². The molecule has 0 fully saturated rings. The second-order valence-electron chi connectivity index (χ2n) is 3.99. The smallest absolute Gasteiger partial charge is 0.343 e. The van der Waals surface area contributed by atoms with Crippen LogP contribution < -0.4 is 5.43 Å². The largest absolute Gasteiger partial charge is 0.462 e. The van der Waals surface area contributed by atoms with Crippen LogP contribution in [0.5, 0.6) is 0 Å². The Kier molecular flexibility index (Phi) is 4.19. The summed E-state index contributed by atoms with van der Waals surface area (Å²) in [4.78, 5) is 25.5. The van der Waals surface area contributed by atoms with Crippen LogP contribution in [0.15, 0.2) is 22.2 Å². The Hall–Kier alpha value is -2.15. The van der Waals surface area contributed by atoms with Gasteiger partial charge in [-0.15, -0.1) is 11.3 Å². The van der Waals surface area contributed by atoms with Gasteiger partial charge in [0.25, 0.3) is 0 Å². The number of thiophene rings is 1. The second kappa shape index (κ2) is 5.87. The predicted octanol–water partition coefficient (Wildman–Crippen LogP) is 2.07. The van der Waals surface area contributed by atoms with Crippen LogP contribution in [0.4, 0.5) is 0 Å². The third kappa shape index (κ3) is 2.44. The molecule has 0 amide bonds. The van der Waals surface area contributed by atoms with Gasteiger partial charge in [0.1, 0.15) is 10.4 Å². The van der Waals surface area contributed by atoms with E-state index >= 15 is 0 Å². The van der Waals surface area contributed by atoms with E-state index in [4.69, 9.17) is 9.94 Å². The number of fused-ring (bicyclic) bond motifs is 1. The van der Waals surface area contributed by atoms with E-state index in [1.165, 1.54) is 23.7 Å². The Morgan fingerprint density at radius 3 is 2.90 bits per heavy atom. The minimum absolute atomic E-state index is 0.0199. The van der Waals surface area contributed by atoms with Gasteiger partial charge in [0.2, 0.25) is 5.43 Å². The molecular formula is C13H14N2O4S. The average Bonchev–Trinajstić information content (AvgIpc) is 2.84. The molecule has 0 unspecified atom stereocenters. The van der Waals surface area contributed by atoms with Crippen molar-refractivity contribution in [1.29, 1.82) is 0 Å². The minimum Gasteiger partial charge on any atom is -0.462 e. The highest BCUT2D eigenvalue weighted by Crippen LogP contribution is 2.23. The van der Waals surface area contributed by atoms with Crippen molar-refractivity contribution in [2.75, 3.05) is 6.61 Å². The first-order valence-electron chi connectivity index (χ1n) is 6.13. The molecule has 1 N–H and O–H groups in total. The molecule has 0 bridgehead atoms. The monoisotopic (exact) mass is 294 g/mol. The molecule has 106 valence electrons. The van der Waals surface area contributed by atoms with Gasteiger partial charge in [-0.25, -0.2) is 4.79 Å². The fourth-order valence-corrected chi connectivity index (χ4v) is 2.96. The average molecular weight is 294 g/mol. The van der Waals surface area contributed by atoms with Crippen molar-refractivity contribution in [3.63, 3.8) is 0 Å². The summed E-state index contributed by atoms with van der Waals surface area (Å²) >= 11 is 1.32. The number of carbonyl (C=O) groups excluding carboxylic acids is 1. The number of carbonyl (C=O) groups is 1. The summed E-state index contributed by atoms with van der Waals surface area (Å²) in [6.45, 7) is 4.43. The van der Waals surface area contributed by atoms with Crippen molar-refractivity contribution in [1.82, 2.24) is 4.57 Å². The van der Waals surface area contributed by atoms with Gasteiger partial charge in [-0.05, 0) is 19.9 Å². The number of ether oxygens (including phenoxy) is 1. The van der Waals surface area contributed by atoms with Crippen LogP contribution >= 0.6 is 11.3 Å². The number of nitrogens with zero attached hydrogens (tertiary/aromatic N) is 2. The van der Waals surface area contributed by atoms with Gasteiger partial charge >= 0.3 is 5.97 Å². The summed E-state index contributed by atoms with van der Waals surface area (Å²) < 4.78 is 6.70. The molecule has 0 aliphatic carbocycles. The summed E-state index contributed by atoms with van der Waals surface area (Å²) in [6.07, 6.45) is 2.77. The quantitative estimate of drug-likeness (QED) is 0.405. The maximum atomic E-state index is 12.3. The SMILES string of the molecule is CCOC(=O)c1cn(CC)c2sc(/C=N\O)cc2c1=O. The molecule has 7 heteroatoms. The third-order valence-corrected chi connectivity index (χ3v) is 3.89. The number of rotatable bonds is 4. The van der Waals surface area contributed by atoms with Crippen molar-refractivity contribution < 1.29 is 14.7 Å². The number of oxime groups is 1. The normalized spacial score (nSPS) is 11.3. The third-order valence-electron chi connectivity index (χ3n) is 2.79. The molecule has 2 aromatic heterocycles. The van der Waals surface area contributed by atoms with Gasteiger partial charge in [0.15, 0.2) is 0 Å². The standard InChI is InChI=1S/C13H14N2O4S/c1-3-15-7-10(13(17)19-4-2)11(16)9-5-8(6-14-18)20-12(9)15/h5-7,18H,3-4H2,1-2H3/b14-6-. The lowest BCUT2D eigenvalue weighted by Gasteiger charge is -2.07. The van der Waals surface area contributed by atoms with Gasteiger partial charge in [-0.1, -0.05) is 5.16 Å². The zero-order chi connectivity index (χ0) is 14.7. The molecule has 0 aromatic carbocycles. The maximum Gasteiger partial charge on any atom is 0.343 e. The Morgan fingerprint density at radius 2 is 2.30 bits per heavy atom. The zero-order valence-corrected chi connectivity index (χ0v) is 11.9. The summed E-state index contributed by atoms with van der Waals surface area (Å²) in [5.74, 6) is -0.620. The Balaban J connectivity index is 2.71. The van der Waals surface area contributed by atoms with Crippen LogP contribution in [0.25, 0.3) is 10.2 Å². The first kappa shape index (κ1) is 14.3. The van der Waals surface area contributed by atoms with Gasteiger partial charge in [-0.3, -0.25) is 4.79 Å². The van der Waals surface area contributed by atoms with E-state index < -0.39 is 5.97 Å². The van der Waals surface area contributed by atoms with E-state index in [1.807, 2.05) is 11.5 Å². The van der Waals surface area contributed by atoms with E-state index in [0.717, 1.165) is 4.83 Å². The molecule has 0 saturated carbocycles. The Labute approximate surface area is 118 Å². The topological polar surface area (TPSA) is 80.9 Å². The summed E-state index contributed by atoms with van der Waals surface area (Å²) in [6, 6.07) is 1.61. The lowest BCUT2D eigenvalue weighted by molar-refractivity contribution is 0.0524. The number of esters is 1. The van der Waals surface area contributed by atoms with Crippen LogP contribution in [0.1, 0.15) is 29.1 Å². The van der Waals surface area contributed by atoms with Gasteiger partial charge in [0, 0.05) is 12.7 Å². The first-order chi connectivity index (χ1) is 9.62. The predicted molar refractivity (Wildman–Crippen MR) is 77.1 cm³/mol. The Bertz CT molecular complexity index is 730. The lowest BCUT2D eigenvalue weighted by Crippen LogP contribution is -2.19. The van der Waals surface area contributed by atoms with Gasteiger partial charge < -0.3 is 14.5 Å². The lowest BCUT2D eigenvalue weighted by atomic mass is 10.2. The summed E-state index contributed by atoms with van der Waals surface area (Å²) in [5.41, 5.74) is -0.344. The fourth-order valence-electron chi connectivity index (χ4n) is 1.90. The van der Waals surface area contributed by atoms with Crippen LogP contribution in [-0.4, -0.2) is 28.6 Å². The highest BCUT2D eigenvalue weighted by Gasteiger charge is 2.17. The van der Waals surface area contributed by atoms with Crippen molar-refractivity contribution in [3.05, 3.63) is 32.9 Å². The van der Waals surface area contributed by atoms with E-state index in [-0.39, 0.29) is 17.6 Å². The van der Waals surface area contributed by atoms with Crippen molar-refractivity contribution in [2.24, 2.45) is 5.16 Å². The molecule has 0 aliphatic rings. The van der Waals surface area contributed by atoms with Gasteiger partial charge in [0.05, 0.1) is 23.1 Å². The number of aryl methyl sites for hydroxylation is 1. The Morgan fingerprint density at radius 1 is 1.55 bits per heavy atom. The van der Waals surface area contributed by atoms with Crippen molar-refractivity contribution >= 4 is 33.7 Å². The minimum atomic E-state index is -0.620. The van der Waals surface area contributed by atoms with E-state index in [1.54, 1.807) is 13.0 Å².